The molecule has 0 spiro atoms. The van der Waals surface area contributed by atoms with Crippen molar-refractivity contribution in [2.75, 3.05) is 39.4 Å². The molecular weight excluding hydrogens is 376 g/mol. The molecule has 0 atom stereocenters. The van der Waals surface area contributed by atoms with E-state index in [0.717, 1.165) is 25.9 Å². The number of likely N-dealkylation sites (tertiary alicyclic amines) is 2. The third-order valence-electron chi connectivity index (χ3n) is 4.60. The smallest absolute Gasteiger partial charge is 0.333 e. The molecule has 0 aliphatic carbocycles. The zero-order chi connectivity index (χ0) is 21.6. The third kappa shape index (κ3) is 9.40. The summed E-state index contributed by atoms with van der Waals surface area (Å²) < 4.78 is 9.88. The molecule has 8 heteroatoms. The van der Waals surface area contributed by atoms with E-state index in [1.54, 1.807) is 42.7 Å². The summed E-state index contributed by atoms with van der Waals surface area (Å²) in [5.74, 6) is -0.329. The summed E-state index contributed by atoms with van der Waals surface area (Å²) in [6, 6.07) is 0. The molecular formula is C21H32N2O6. The Hall–Kier alpha value is -2.64. The fourth-order valence-corrected chi connectivity index (χ4v) is 2.80. The van der Waals surface area contributed by atoms with E-state index < -0.39 is 0 Å². The number of hydrogen-bond acceptors (Lipinski definition) is 6. The number of carbonyl (C=O) groups excluding carboxylic acids is 4. The molecule has 2 rings (SSSR count). The van der Waals surface area contributed by atoms with Gasteiger partial charge in [0.2, 0.25) is 11.8 Å². The van der Waals surface area contributed by atoms with Crippen molar-refractivity contribution in [1.82, 2.24) is 9.80 Å². The van der Waals surface area contributed by atoms with E-state index in [2.05, 4.69) is 0 Å². The highest BCUT2D eigenvalue weighted by molar-refractivity contribution is 5.87. The Morgan fingerprint density at radius 2 is 1.45 bits per heavy atom. The van der Waals surface area contributed by atoms with E-state index in [1.165, 1.54) is 6.08 Å². The molecule has 0 saturated carbocycles. The van der Waals surface area contributed by atoms with Crippen LogP contribution in [0.1, 0.15) is 46.5 Å². The first kappa shape index (κ1) is 24.4. The minimum Gasteiger partial charge on any atom is -0.461 e. The number of ether oxygens (including phenoxy) is 2. The van der Waals surface area contributed by atoms with Gasteiger partial charge in [0.15, 0.2) is 0 Å². The maximum absolute atomic E-state index is 11.2. The average Bonchev–Trinajstić information content (AvgIpc) is 3.30. The van der Waals surface area contributed by atoms with Gasteiger partial charge in [-0.1, -0.05) is 12.2 Å². The summed E-state index contributed by atoms with van der Waals surface area (Å²) in [5, 5.41) is 0. The maximum Gasteiger partial charge on any atom is 0.333 e. The van der Waals surface area contributed by atoms with Crippen molar-refractivity contribution in [3.05, 3.63) is 23.8 Å². The normalized spacial score (nSPS) is 16.9. The predicted octanol–water partition coefficient (Wildman–Crippen LogP) is 1.85. The number of nitrogens with zero attached hydrogens (tertiary/aromatic N) is 2. The predicted molar refractivity (Wildman–Crippen MR) is 108 cm³/mol. The highest BCUT2D eigenvalue weighted by Crippen LogP contribution is 2.09. The molecule has 2 saturated heterocycles. The molecule has 0 aromatic rings. The molecule has 2 heterocycles. The van der Waals surface area contributed by atoms with E-state index in [4.69, 9.17) is 9.47 Å². The molecule has 162 valence electrons. The Morgan fingerprint density at radius 3 is 1.86 bits per heavy atom. The molecule has 0 radical (unpaired) electrons. The lowest BCUT2D eigenvalue weighted by Crippen LogP contribution is -2.29. The van der Waals surface area contributed by atoms with E-state index in [-0.39, 0.29) is 37.0 Å². The fraction of sp³-hybridized carbons (Fsp3) is 0.619. The number of carbonyl (C=O) groups is 4. The molecule has 0 unspecified atom stereocenters. The molecule has 0 aromatic carbocycles. The zero-order valence-corrected chi connectivity index (χ0v) is 17.6. The van der Waals surface area contributed by atoms with Gasteiger partial charge in [0.25, 0.3) is 0 Å². The number of hydrogen-bond donors (Lipinski definition) is 0. The first-order valence-corrected chi connectivity index (χ1v) is 10.0. The van der Waals surface area contributed by atoms with Crippen LogP contribution in [-0.4, -0.2) is 72.9 Å². The van der Waals surface area contributed by atoms with Crippen LogP contribution < -0.4 is 0 Å². The van der Waals surface area contributed by atoms with Crippen LogP contribution >= 0.6 is 0 Å². The van der Waals surface area contributed by atoms with Gasteiger partial charge in [-0.25, -0.2) is 9.59 Å². The molecule has 2 aliphatic rings. The monoisotopic (exact) mass is 408 g/mol. The standard InChI is InChI=1S/C11H17NO3.C10H15NO3/c1-3-9(2)11(14)15-8-7-12-6-4-5-10(12)13;1-2-4-10(13)14-8-7-11-6-3-5-9(11)12/h3H,4-8H2,1-2H3;2,4H,3,5-8H2,1H3/b9-3+;4-2+. The van der Waals surface area contributed by atoms with Gasteiger partial charge in [-0.05, 0) is 33.6 Å². The molecule has 2 aliphatic heterocycles. The van der Waals surface area contributed by atoms with Gasteiger partial charge in [-0.3, -0.25) is 9.59 Å². The second-order valence-electron chi connectivity index (χ2n) is 6.74. The van der Waals surface area contributed by atoms with E-state index in [9.17, 15) is 19.2 Å². The SMILES string of the molecule is C/C=C(\C)C(=O)OCCN1CCCC1=O.C/C=C/C(=O)OCCN1CCCC1=O. The minimum atomic E-state index is -0.348. The molecule has 2 amide bonds. The van der Waals surface area contributed by atoms with Gasteiger partial charge >= 0.3 is 11.9 Å². The molecule has 29 heavy (non-hydrogen) atoms. The fourth-order valence-electron chi connectivity index (χ4n) is 2.80. The molecule has 0 N–H and O–H groups in total. The number of rotatable bonds is 8. The number of amides is 2. The quantitative estimate of drug-likeness (QED) is 0.449. The lowest BCUT2D eigenvalue weighted by atomic mass is 10.3. The van der Waals surface area contributed by atoms with Gasteiger partial charge in [0.05, 0.1) is 13.1 Å². The average molecular weight is 408 g/mol. The summed E-state index contributed by atoms with van der Waals surface area (Å²) in [4.78, 5) is 47.9. The number of allylic oxidation sites excluding steroid dienone is 2. The summed E-state index contributed by atoms with van der Waals surface area (Å²) in [7, 11) is 0. The van der Waals surface area contributed by atoms with Crippen molar-refractivity contribution in [1.29, 1.82) is 0 Å². The second-order valence-corrected chi connectivity index (χ2v) is 6.74. The Kier molecular flexibility index (Phi) is 11.4. The van der Waals surface area contributed by atoms with Gasteiger partial charge in [-0.2, -0.15) is 0 Å². The van der Waals surface area contributed by atoms with Crippen LogP contribution in [0.2, 0.25) is 0 Å². The van der Waals surface area contributed by atoms with Gasteiger partial charge in [-0.15, -0.1) is 0 Å². The highest BCUT2D eigenvalue weighted by atomic mass is 16.5. The summed E-state index contributed by atoms with van der Waals surface area (Å²) in [6.07, 6.45) is 7.80. The van der Waals surface area contributed by atoms with Crippen molar-refractivity contribution in [3.8, 4) is 0 Å². The maximum atomic E-state index is 11.2. The Bertz CT molecular complexity index is 641. The van der Waals surface area contributed by atoms with Crippen LogP contribution in [0.3, 0.4) is 0 Å². The van der Waals surface area contributed by atoms with Gasteiger partial charge in [0.1, 0.15) is 13.2 Å². The highest BCUT2D eigenvalue weighted by Gasteiger charge is 2.20. The van der Waals surface area contributed by atoms with E-state index in [0.29, 0.717) is 31.5 Å². The van der Waals surface area contributed by atoms with Crippen LogP contribution in [0.25, 0.3) is 0 Å². The van der Waals surface area contributed by atoms with Crippen LogP contribution in [0.5, 0.6) is 0 Å². The van der Waals surface area contributed by atoms with Crippen molar-refractivity contribution < 1.29 is 28.7 Å². The first-order chi connectivity index (χ1) is 13.9. The van der Waals surface area contributed by atoms with E-state index >= 15 is 0 Å². The van der Waals surface area contributed by atoms with Crippen molar-refractivity contribution in [3.63, 3.8) is 0 Å². The van der Waals surface area contributed by atoms with Crippen molar-refractivity contribution >= 4 is 23.8 Å². The number of esters is 2. The molecule has 0 aromatic heterocycles. The lowest BCUT2D eigenvalue weighted by molar-refractivity contribution is -0.141. The molecule has 2 fully saturated rings. The Labute approximate surface area is 172 Å². The Morgan fingerprint density at radius 1 is 0.931 bits per heavy atom. The third-order valence-corrected chi connectivity index (χ3v) is 4.60. The molecule has 0 bridgehead atoms. The summed E-state index contributed by atoms with van der Waals surface area (Å²) in [5.41, 5.74) is 0.600. The first-order valence-electron chi connectivity index (χ1n) is 10.0. The minimum absolute atomic E-state index is 0.159. The Balaban J connectivity index is 0.000000291. The van der Waals surface area contributed by atoms with Crippen LogP contribution in [0.15, 0.2) is 23.8 Å². The lowest BCUT2D eigenvalue weighted by Gasteiger charge is -2.15. The summed E-state index contributed by atoms with van der Waals surface area (Å²) in [6.45, 7) is 8.45. The zero-order valence-electron chi connectivity index (χ0n) is 17.6. The van der Waals surface area contributed by atoms with Crippen molar-refractivity contribution in [2.24, 2.45) is 0 Å². The second kappa shape index (κ2) is 13.5. The van der Waals surface area contributed by atoms with Crippen LogP contribution in [0.4, 0.5) is 0 Å². The van der Waals surface area contributed by atoms with Crippen LogP contribution in [-0.2, 0) is 28.7 Å². The van der Waals surface area contributed by atoms with Gasteiger partial charge in [0, 0.05) is 37.6 Å². The van der Waals surface area contributed by atoms with Gasteiger partial charge < -0.3 is 19.3 Å². The largest absolute Gasteiger partial charge is 0.461 e. The van der Waals surface area contributed by atoms with Crippen molar-refractivity contribution in [2.45, 2.75) is 46.5 Å². The van der Waals surface area contributed by atoms with E-state index in [1.807, 2.05) is 0 Å². The topological polar surface area (TPSA) is 93.2 Å². The molecule has 8 nitrogen and oxygen atoms in total. The summed E-state index contributed by atoms with van der Waals surface area (Å²) >= 11 is 0. The van der Waals surface area contributed by atoms with Crippen LogP contribution in [0, 0.1) is 0 Å².